The monoisotopic (exact) mass is 548 g/mol. The van der Waals surface area contributed by atoms with Gasteiger partial charge in [0.2, 0.25) is 0 Å². The van der Waals surface area contributed by atoms with Crippen molar-refractivity contribution in [2.24, 2.45) is 0 Å². The molecule has 1 heterocycles. The first-order valence-electron chi connectivity index (χ1n) is 11.3. The van der Waals surface area contributed by atoms with Gasteiger partial charge < -0.3 is 19.1 Å². The molecule has 7 nitrogen and oxygen atoms in total. The van der Waals surface area contributed by atoms with Gasteiger partial charge in [-0.25, -0.2) is 8.42 Å². The molecule has 192 valence electrons. The third kappa shape index (κ3) is 5.86. The lowest BCUT2D eigenvalue weighted by molar-refractivity contribution is 0.208. The number of thioether (sulfide) groups is 1. The predicted octanol–water partition coefficient (Wildman–Crippen LogP) is 5.63. The van der Waals surface area contributed by atoms with Crippen LogP contribution < -0.4 is 18.9 Å². The van der Waals surface area contributed by atoms with E-state index < -0.39 is 10.0 Å². The van der Waals surface area contributed by atoms with Gasteiger partial charge in [-0.1, -0.05) is 23.7 Å². The van der Waals surface area contributed by atoms with E-state index >= 15 is 0 Å². The van der Waals surface area contributed by atoms with Gasteiger partial charge in [-0.2, -0.15) is 0 Å². The van der Waals surface area contributed by atoms with Gasteiger partial charge in [0, 0.05) is 35.7 Å². The Hall–Kier alpha value is -2.59. The lowest BCUT2D eigenvalue weighted by Crippen LogP contribution is -2.21. The molecule has 0 saturated carbocycles. The highest BCUT2D eigenvalue weighted by Crippen LogP contribution is 2.39. The average Bonchev–Trinajstić information content (AvgIpc) is 3.29. The number of sulfonamides is 1. The Kier molecular flexibility index (Phi) is 8.24. The molecule has 1 N–H and O–H groups in total. The van der Waals surface area contributed by atoms with Crippen molar-refractivity contribution in [2.45, 2.75) is 22.3 Å². The van der Waals surface area contributed by atoms with E-state index in [4.69, 9.17) is 25.8 Å². The molecule has 1 saturated heterocycles. The van der Waals surface area contributed by atoms with Crippen LogP contribution in [0.5, 0.6) is 17.2 Å². The summed E-state index contributed by atoms with van der Waals surface area (Å²) in [5, 5.41) is 0.424. The van der Waals surface area contributed by atoms with Crippen molar-refractivity contribution in [3.63, 3.8) is 0 Å². The summed E-state index contributed by atoms with van der Waals surface area (Å²) in [5.74, 6) is 1.19. The molecule has 10 heteroatoms. The van der Waals surface area contributed by atoms with Crippen LogP contribution in [-0.2, 0) is 10.0 Å². The summed E-state index contributed by atoms with van der Waals surface area (Å²) in [6.45, 7) is 1.73. The normalized spacial score (nSPS) is 16.1. The maximum Gasteiger partial charge on any atom is 0.262 e. The van der Waals surface area contributed by atoms with Crippen molar-refractivity contribution < 1.29 is 22.6 Å². The van der Waals surface area contributed by atoms with Crippen molar-refractivity contribution in [1.82, 2.24) is 4.90 Å². The molecule has 1 fully saturated rings. The van der Waals surface area contributed by atoms with E-state index in [1.807, 2.05) is 37.6 Å². The van der Waals surface area contributed by atoms with Crippen LogP contribution >= 0.6 is 23.4 Å². The average molecular weight is 549 g/mol. The number of likely N-dealkylation sites (tertiary alicyclic amines) is 1. The van der Waals surface area contributed by atoms with Crippen LogP contribution in [0.1, 0.15) is 6.42 Å². The van der Waals surface area contributed by atoms with Crippen molar-refractivity contribution in [3.05, 3.63) is 59.6 Å². The molecule has 0 amide bonds. The number of hydrogen-bond donors (Lipinski definition) is 1. The largest absolute Gasteiger partial charge is 0.493 e. The third-order valence-corrected chi connectivity index (χ3v) is 8.48. The fraction of sp³-hybridized carbons (Fsp3) is 0.308. The van der Waals surface area contributed by atoms with Crippen LogP contribution in [0.2, 0.25) is 5.02 Å². The first-order chi connectivity index (χ1) is 17.2. The molecule has 36 heavy (non-hydrogen) atoms. The lowest BCUT2D eigenvalue weighted by atomic mass is 10.1. The van der Waals surface area contributed by atoms with E-state index in [2.05, 4.69) is 9.62 Å². The molecule has 0 unspecified atom stereocenters. The second kappa shape index (κ2) is 11.2. The zero-order valence-electron chi connectivity index (χ0n) is 20.6. The van der Waals surface area contributed by atoms with Crippen LogP contribution in [0.25, 0.3) is 11.1 Å². The Morgan fingerprint density at radius 1 is 1.00 bits per heavy atom. The van der Waals surface area contributed by atoms with Gasteiger partial charge in [0.05, 0.1) is 29.8 Å². The Morgan fingerprint density at radius 3 is 2.31 bits per heavy atom. The fourth-order valence-corrected chi connectivity index (χ4v) is 5.96. The lowest BCUT2D eigenvalue weighted by Gasteiger charge is -2.18. The second-order valence-corrected chi connectivity index (χ2v) is 11.4. The predicted molar refractivity (Wildman–Crippen MR) is 146 cm³/mol. The maximum atomic E-state index is 13.7. The smallest absolute Gasteiger partial charge is 0.262 e. The summed E-state index contributed by atoms with van der Waals surface area (Å²) >= 11 is 7.97. The summed E-state index contributed by atoms with van der Waals surface area (Å²) < 4.78 is 47.0. The van der Waals surface area contributed by atoms with Gasteiger partial charge in [0.1, 0.15) is 11.9 Å². The van der Waals surface area contributed by atoms with Crippen LogP contribution in [-0.4, -0.2) is 60.0 Å². The Morgan fingerprint density at radius 2 is 1.69 bits per heavy atom. The van der Waals surface area contributed by atoms with Crippen LogP contribution in [0.3, 0.4) is 0 Å². The molecule has 0 spiro atoms. The zero-order chi connectivity index (χ0) is 25.9. The van der Waals surface area contributed by atoms with Gasteiger partial charge in [-0.05, 0) is 55.6 Å². The van der Waals surface area contributed by atoms with E-state index in [9.17, 15) is 8.42 Å². The van der Waals surface area contributed by atoms with Crippen molar-refractivity contribution in [1.29, 1.82) is 0 Å². The van der Waals surface area contributed by atoms with E-state index in [-0.39, 0.29) is 11.0 Å². The van der Waals surface area contributed by atoms with Crippen molar-refractivity contribution in [3.8, 4) is 28.4 Å². The standard InChI is InChI=1S/C26H29ClN2O5S2/c1-29-12-11-19(16-29)34-23-13-18(7-10-22(23)27)28-36(30,31)26-15-25(33-3)24(32-2)14-21(26)17-5-8-20(35-4)9-6-17/h5-10,13-15,19,28H,11-12,16H2,1-4H3/t19-/m1/s1. The molecule has 0 radical (unpaired) electrons. The van der Waals surface area contributed by atoms with E-state index in [1.54, 1.807) is 36.0 Å². The molecule has 3 aromatic carbocycles. The number of ether oxygens (including phenoxy) is 3. The highest BCUT2D eigenvalue weighted by molar-refractivity contribution is 7.98. The minimum absolute atomic E-state index is 0.000986. The summed E-state index contributed by atoms with van der Waals surface area (Å²) in [5.41, 5.74) is 1.58. The van der Waals surface area contributed by atoms with E-state index in [1.165, 1.54) is 20.3 Å². The molecule has 0 aliphatic carbocycles. The van der Waals surface area contributed by atoms with E-state index in [0.29, 0.717) is 33.5 Å². The minimum Gasteiger partial charge on any atom is -0.493 e. The van der Waals surface area contributed by atoms with Crippen molar-refractivity contribution >= 4 is 39.1 Å². The molecular formula is C26H29ClN2O5S2. The van der Waals surface area contributed by atoms with Gasteiger partial charge >= 0.3 is 0 Å². The number of likely N-dealkylation sites (N-methyl/N-ethyl adjacent to an activating group) is 1. The summed E-state index contributed by atoms with van der Waals surface area (Å²) in [6.07, 6.45) is 2.87. The number of hydrogen-bond acceptors (Lipinski definition) is 7. The summed E-state index contributed by atoms with van der Waals surface area (Å²) in [4.78, 5) is 3.31. The number of anilines is 1. The summed E-state index contributed by atoms with van der Waals surface area (Å²) in [7, 11) is 0.990. The SMILES string of the molecule is COc1cc(-c2ccc(SC)cc2)c(S(=O)(=O)Nc2ccc(Cl)c(O[C@@H]3CCN(C)C3)c2)cc1OC. The van der Waals surface area contributed by atoms with Gasteiger partial charge in [0.15, 0.2) is 11.5 Å². The van der Waals surface area contributed by atoms with E-state index in [0.717, 1.165) is 30.0 Å². The first-order valence-corrected chi connectivity index (χ1v) is 14.4. The Bertz CT molecular complexity index is 1330. The number of rotatable bonds is 9. The minimum atomic E-state index is -4.03. The molecule has 0 aromatic heterocycles. The molecule has 1 aliphatic heterocycles. The number of nitrogens with one attached hydrogen (secondary N) is 1. The molecule has 1 atom stereocenters. The number of nitrogens with zero attached hydrogens (tertiary/aromatic N) is 1. The quantitative estimate of drug-likeness (QED) is 0.347. The molecule has 1 aliphatic rings. The zero-order valence-corrected chi connectivity index (χ0v) is 23.0. The van der Waals surface area contributed by atoms with Gasteiger partial charge in [-0.15, -0.1) is 11.8 Å². The second-order valence-electron chi connectivity index (χ2n) is 8.47. The Balaban J connectivity index is 1.71. The Labute approximate surface area is 221 Å². The summed E-state index contributed by atoms with van der Waals surface area (Å²) in [6, 6.07) is 15.7. The topological polar surface area (TPSA) is 77.1 Å². The van der Waals surface area contributed by atoms with Crippen LogP contribution in [0.4, 0.5) is 5.69 Å². The molecular weight excluding hydrogens is 520 g/mol. The first kappa shape index (κ1) is 26.5. The van der Waals surface area contributed by atoms with Crippen LogP contribution in [0, 0.1) is 0 Å². The number of halogens is 1. The highest BCUT2D eigenvalue weighted by atomic mass is 35.5. The van der Waals surface area contributed by atoms with Gasteiger partial charge in [0.25, 0.3) is 10.0 Å². The number of benzene rings is 3. The van der Waals surface area contributed by atoms with Crippen LogP contribution in [0.15, 0.2) is 64.4 Å². The van der Waals surface area contributed by atoms with Gasteiger partial charge in [-0.3, -0.25) is 4.72 Å². The molecule has 4 rings (SSSR count). The maximum absolute atomic E-state index is 13.7. The third-order valence-electron chi connectivity index (χ3n) is 6.00. The number of methoxy groups -OCH3 is 2. The van der Waals surface area contributed by atoms with Crippen molar-refractivity contribution in [2.75, 3.05) is 45.3 Å². The highest BCUT2D eigenvalue weighted by Gasteiger charge is 2.25. The molecule has 3 aromatic rings. The fourth-order valence-electron chi connectivity index (χ4n) is 4.12. The molecule has 0 bridgehead atoms.